The van der Waals surface area contributed by atoms with Crippen molar-refractivity contribution in [3.8, 4) is 6.07 Å². The predicted molar refractivity (Wildman–Crippen MR) is 126 cm³/mol. The highest BCUT2D eigenvalue weighted by Gasteiger charge is 2.14. The zero-order valence-corrected chi connectivity index (χ0v) is 18.1. The fourth-order valence-corrected chi connectivity index (χ4v) is 5.13. The Labute approximate surface area is 180 Å². The predicted octanol–water partition coefficient (Wildman–Crippen LogP) is 6.66. The SMILES string of the molecule is CC1=C/C(=C(/C#N)c2nccs2)C=C(C=Cc2ccc(N3CCCCC3)cc2)S1. The molecule has 0 saturated carbocycles. The number of hydrogen-bond donors (Lipinski definition) is 0. The van der Waals surface area contributed by atoms with Gasteiger partial charge in [0.1, 0.15) is 11.1 Å². The molecule has 0 bridgehead atoms. The molecule has 1 fully saturated rings. The minimum Gasteiger partial charge on any atom is -0.372 e. The maximum absolute atomic E-state index is 9.64. The molecule has 1 saturated heterocycles. The van der Waals surface area contributed by atoms with E-state index in [0.717, 1.165) is 15.5 Å². The number of anilines is 1. The molecule has 2 aliphatic heterocycles. The standard InChI is InChI=1S/C24H23N3S2/c1-18-15-20(23(17-25)24-26-11-14-28-24)16-22(29-18)10-7-19-5-8-21(9-6-19)27-12-3-2-4-13-27/h5-11,14-16H,2-4,12-13H2,1H3/b10-7?,23-20+. The van der Waals surface area contributed by atoms with Gasteiger partial charge in [-0.2, -0.15) is 5.26 Å². The van der Waals surface area contributed by atoms with Gasteiger partial charge in [-0.15, -0.1) is 11.3 Å². The summed E-state index contributed by atoms with van der Waals surface area (Å²) in [6.45, 7) is 4.41. The van der Waals surface area contributed by atoms with Crippen LogP contribution in [0.15, 0.2) is 69.5 Å². The number of aromatic nitrogens is 1. The molecule has 0 N–H and O–H groups in total. The Morgan fingerprint density at radius 1 is 1.10 bits per heavy atom. The minimum absolute atomic E-state index is 0.636. The van der Waals surface area contributed by atoms with Crippen molar-refractivity contribution in [3.63, 3.8) is 0 Å². The second-order valence-electron chi connectivity index (χ2n) is 7.16. The van der Waals surface area contributed by atoms with Gasteiger partial charge in [-0.05, 0) is 72.6 Å². The zero-order chi connectivity index (χ0) is 20.1. The number of rotatable bonds is 4. The van der Waals surface area contributed by atoms with E-state index in [4.69, 9.17) is 0 Å². The van der Waals surface area contributed by atoms with Gasteiger partial charge in [0, 0.05) is 35.3 Å². The van der Waals surface area contributed by atoms with Crippen molar-refractivity contribution in [1.82, 2.24) is 4.98 Å². The van der Waals surface area contributed by atoms with E-state index < -0.39 is 0 Å². The molecule has 0 aliphatic carbocycles. The van der Waals surface area contributed by atoms with Crippen LogP contribution in [0.3, 0.4) is 0 Å². The molecule has 4 rings (SSSR count). The van der Waals surface area contributed by atoms with Crippen molar-refractivity contribution in [2.45, 2.75) is 26.2 Å². The second-order valence-corrected chi connectivity index (χ2v) is 9.37. The first-order valence-electron chi connectivity index (χ1n) is 9.88. The zero-order valence-electron chi connectivity index (χ0n) is 16.5. The summed E-state index contributed by atoms with van der Waals surface area (Å²) < 4.78 is 0. The number of nitrogens with zero attached hydrogens (tertiary/aromatic N) is 3. The Balaban J connectivity index is 1.53. The van der Waals surface area contributed by atoms with E-state index in [1.807, 2.05) is 5.38 Å². The van der Waals surface area contributed by atoms with Gasteiger partial charge in [-0.1, -0.05) is 30.0 Å². The van der Waals surface area contributed by atoms with Crippen LogP contribution >= 0.6 is 23.1 Å². The van der Waals surface area contributed by atoms with Gasteiger partial charge in [0.05, 0.1) is 5.57 Å². The second kappa shape index (κ2) is 9.30. The highest BCUT2D eigenvalue weighted by Crippen LogP contribution is 2.36. The molecule has 2 aliphatic rings. The maximum atomic E-state index is 9.64. The van der Waals surface area contributed by atoms with Crippen LogP contribution in [0.5, 0.6) is 0 Å². The van der Waals surface area contributed by atoms with E-state index >= 15 is 0 Å². The van der Waals surface area contributed by atoms with Crippen LogP contribution < -0.4 is 4.90 Å². The normalized spacial score (nSPS) is 19.0. The fourth-order valence-electron chi connectivity index (χ4n) is 3.59. The van der Waals surface area contributed by atoms with Gasteiger partial charge < -0.3 is 4.90 Å². The summed E-state index contributed by atoms with van der Waals surface area (Å²) in [5, 5.41) is 12.3. The van der Waals surface area contributed by atoms with Crippen LogP contribution in [-0.4, -0.2) is 18.1 Å². The number of hydrogen-bond acceptors (Lipinski definition) is 5. The highest BCUT2D eigenvalue weighted by molar-refractivity contribution is 8.06. The summed E-state index contributed by atoms with van der Waals surface area (Å²) in [5.74, 6) is 0. The summed E-state index contributed by atoms with van der Waals surface area (Å²) in [5.41, 5.74) is 4.07. The third-order valence-electron chi connectivity index (χ3n) is 5.04. The van der Waals surface area contributed by atoms with E-state index in [0.29, 0.717) is 5.57 Å². The lowest BCUT2D eigenvalue weighted by atomic mass is 10.1. The first-order chi connectivity index (χ1) is 14.2. The smallest absolute Gasteiger partial charge is 0.134 e. The number of piperidine rings is 1. The van der Waals surface area contributed by atoms with Crippen LogP contribution in [0.1, 0.15) is 36.8 Å². The van der Waals surface area contributed by atoms with E-state index in [1.54, 1.807) is 18.0 Å². The molecule has 146 valence electrons. The van der Waals surface area contributed by atoms with E-state index in [2.05, 4.69) is 71.4 Å². The lowest BCUT2D eigenvalue weighted by Gasteiger charge is -2.28. The molecule has 3 heterocycles. The maximum Gasteiger partial charge on any atom is 0.134 e. The topological polar surface area (TPSA) is 39.9 Å². The summed E-state index contributed by atoms with van der Waals surface area (Å²) in [6, 6.07) is 11.1. The average Bonchev–Trinajstić information content (AvgIpc) is 3.28. The lowest BCUT2D eigenvalue weighted by molar-refractivity contribution is 0.578. The summed E-state index contributed by atoms with van der Waals surface area (Å²) in [4.78, 5) is 9.08. The monoisotopic (exact) mass is 417 g/mol. The van der Waals surface area contributed by atoms with Crippen LogP contribution in [0.2, 0.25) is 0 Å². The first-order valence-corrected chi connectivity index (χ1v) is 11.6. The van der Waals surface area contributed by atoms with Gasteiger partial charge in [0.15, 0.2) is 0 Å². The molecule has 1 aromatic carbocycles. The third-order valence-corrected chi connectivity index (χ3v) is 6.76. The Kier molecular flexibility index (Phi) is 6.33. The van der Waals surface area contributed by atoms with E-state index in [-0.39, 0.29) is 0 Å². The first kappa shape index (κ1) is 19.8. The Morgan fingerprint density at radius 3 is 2.59 bits per heavy atom. The summed E-state index contributed by atoms with van der Waals surface area (Å²) in [6.07, 6.45) is 14.1. The third kappa shape index (κ3) is 4.90. The van der Waals surface area contributed by atoms with Gasteiger partial charge in [0.25, 0.3) is 0 Å². The van der Waals surface area contributed by atoms with Crippen LogP contribution in [0.4, 0.5) is 5.69 Å². The summed E-state index contributed by atoms with van der Waals surface area (Å²) >= 11 is 3.22. The molecule has 2 aromatic rings. The van der Waals surface area contributed by atoms with Gasteiger partial charge in [0.2, 0.25) is 0 Å². The van der Waals surface area contributed by atoms with Crippen molar-refractivity contribution in [3.05, 3.63) is 80.0 Å². The largest absolute Gasteiger partial charge is 0.372 e. The molecule has 29 heavy (non-hydrogen) atoms. The Bertz CT molecular complexity index is 1010. The highest BCUT2D eigenvalue weighted by atomic mass is 32.2. The number of nitriles is 1. The van der Waals surface area contributed by atoms with Gasteiger partial charge in [-0.25, -0.2) is 4.98 Å². The van der Waals surface area contributed by atoms with Crippen molar-refractivity contribution in [1.29, 1.82) is 5.26 Å². The average molecular weight is 418 g/mol. The molecule has 5 heteroatoms. The molecule has 0 spiro atoms. The van der Waals surface area contributed by atoms with Gasteiger partial charge >= 0.3 is 0 Å². The van der Waals surface area contributed by atoms with Crippen LogP contribution in [-0.2, 0) is 0 Å². The van der Waals surface area contributed by atoms with Gasteiger partial charge in [-0.3, -0.25) is 0 Å². The van der Waals surface area contributed by atoms with Crippen LogP contribution in [0.25, 0.3) is 11.6 Å². The summed E-state index contributed by atoms with van der Waals surface area (Å²) in [7, 11) is 0. The van der Waals surface area contributed by atoms with Crippen LogP contribution in [0, 0.1) is 11.3 Å². The fraction of sp³-hybridized carbons (Fsp3) is 0.250. The molecular weight excluding hydrogens is 394 g/mol. The number of thiazole rings is 1. The molecule has 0 unspecified atom stereocenters. The number of allylic oxidation sites excluding steroid dienone is 6. The lowest BCUT2D eigenvalue weighted by Crippen LogP contribution is -2.29. The van der Waals surface area contributed by atoms with Crippen molar-refractivity contribution in [2.75, 3.05) is 18.0 Å². The van der Waals surface area contributed by atoms with E-state index in [1.165, 1.54) is 59.8 Å². The number of thioether (sulfide) groups is 1. The van der Waals surface area contributed by atoms with E-state index in [9.17, 15) is 5.26 Å². The molecular formula is C24H23N3S2. The van der Waals surface area contributed by atoms with Crippen molar-refractivity contribution >= 4 is 40.4 Å². The molecule has 1 aromatic heterocycles. The minimum atomic E-state index is 0.636. The molecule has 0 amide bonds. The number of benzene rings is 1. The molecule has 3 nitrogen and oxygen atoms in total. The van der Waals surface area contributed by atoms with Crippen molar-refractivity contribution in [2.24, 2.45) is 0 Å². The molecule has 0 radical (unpaired) electrons. The van der Waals surface area contributed by atoms with Crippen molar-refractivity contribution < 1.29 is 0 Å². The quantitative estimate of drug-likeness (QED) is 0.522. The Morgan fingerprint density at radius 2 is 1.90 bits per heavy atom. The molecule has 0 atom stereocenters. The Hall–Kier alpha value is -2.55.